The topological polar surface area (TPSA) is 96.2 Å². The van der Waals surface area contributed by atoms with Crippen molar-refractivity contribution < 1.29 is 0 Å². The predicted octanol–water partition coefficient (Wildman–Crippen LogP) is 2.91. The Labute approximate surface area is 283 Å². The quantitative estimate of drug-likeness (QED) is 0.142. The molecule has 0 aromatic carbocycles. The molecular weight excluding hydrogens is 683 g/mol. The van der Waals surface area contributed by atoms with Crippen LogP contribution >= 0.6 is 30.0 Å². The van der Waals surface area contributed by atoms with E-state index in [2.05, 4.69) is 72.5 Å². The summed E-state index contributed by atoms with van der Waals surface area (Å²) in [6.45, 7) is 0. The molecule has 5 saturated heterocycles. The highest BCUT2D eigenvalue weighted by atomic mass is 79.9. The minimum absolute atomic E-state index is 0.350. The molecule has 43 heavy (non-hydrogen) atoms. The minimum atomic E-state index is 0.350. The predicted molar refractivity (Wildman–Crippen MR) is 183 cm³/mol. The third kappa shape index (κ3) is 5.82. The smallest absolute Gasteiger partial charge is 0.286 e. The van der Waals surface area contributed by atoms with Crippen LogP contribution in [0, 0.1) is 47.3 Å². The molecule has 0 aromatic rings. The number of halogens is 2. The second kappa shape index (κ2) is 13.6. The number of fused-ring (bicyclic) bond motifs is 20. The largest absolute Gasteiger partial charge is 0.319 e. The Bertz CT molecular complexity index is 964. The first kappa shape index (κ1) is 31.4. The lowest BCUT2D eigenvalue weighted by Crippen LogP contribution is -2.61. The van der Waals surface area contributed by atoms with Crippen LogP contribution in [0.1, 0.15) is 96.3 Å². The molecule has 242 valence electrons. The molecule has 11 heteroatoms. The van der Waals surface area contributed by atoms with Crippen LogP contribution in [0.3, 0.4) is 0 Å². The Morgan fingerprint density at radius 1 is 0.326 bits per heavy atom. The lowest BCUT2D eigenvalue weighted by atomic mass is 9.76. The van der Waals surface area contributed by atoms with Crippen LogP contribution in [0.15, 0.2) is 0 Å². The summed E-state index contributed by atoms with van der Waals surface area (Å²) in [4.78, 5) is 0.592. The summed E-state index contributed by atoms with van der Waals surface area (Å²) in [7, 11) is 0. The summed E-state index contributed by atoms with van der Waals surface area (Å²) in [5.41, 5.74) is 0. The molecule has 17 unspecified atom stereocenters. The Morgan fingerprint density at radius 3 is 0.907 bits per heavy atom. The molecule has 5 aliphatic heterocycles. The molecule has 17 atom stereocenters. The molecule has 9 fully saturated rings. The molecular formula is C32H57AlBr2N8. The van der Waals surface area contributed by atoms with E-state index in [0.29, 0.717) is 66.0 Å². The number of alkyl halides is 1. The van der Waals surface area contributed by atoms with Gasteiger partial charge in [0.15, 0.2) is 0 Å². The SMILES string of the molecule is BrC1CCCC2C3NC4NC(NC5NC(NC6NC(NC(N3)C12)C1CCCCC61)C1CCCCC51)C1CCCCC41.[AlH2][Br]. The zero-order valence-electron chi connectivity index (χ0n) is 26.2. The zero-order valence-corrected chi connectivity index (χ0v) is 31.3. The summed E-state index contributed by atoms with van der Waals surface area (Å²) in [5.74, 6) is 5.69. The second-order valence-electron chi connectivity index (χ2n) is 15.7. The minimum Gasteiger partial charge on any atom is -0.286 e. The van der Waals surface area contributed by atoms with Gasteiger partial charge in [-0.2, -0.15) is 0 Å². The van der Waals surface area contributed by atoms with E-state index in [1.807, 2.05) is 0 Å². The first-order chi connectivity index (χ1) is 21.2. The van der Waals surface area contributed by atoms with E-state index in [4.69, 9.17) is 0 Å². The average molecular weight is 741 g/mol. The molecule has 8 nitrogen and oxygen atoms in total. The highest BCUT2D eigenvalue weighted by Gasteiger charge is 2.55. The monoisotopic (exact) mass is 738 g/mol. The fraction of sp³-hybridized carbons (Fsp3) is 1.00. The standard InChI is InChI=1S/C32H55BrN8.Al.BrH.2H/c33-23-15-7-14-22-24(23)32-40-30-21-13-6-5-12-20(21)28(38-30)36-26-17-9-2-1-8-16(17)25(34-26)35-27-18-10-3-4-11-19(18)29(37-27)39-31(22)41-32;;;;/h16-32,34-41H,1-15H2;;1H;;/q;+1;;;/p-1. The summed E-state index contributed by atoms with van der Waals surface area (Å²) in [5, 5.41) is 33.8. The lowest BCUT2D eigenvalue weighted by molar-refractivity contribution is 0.169. The maximum absolute atomic E-state index is 4.26. The molecule has 0 amide bonds. The van der Waals surface area contributed by atoms with E-state index in [-0.39, 0.29) is 0 Å². The first-order valence-electron chi connectivity index (χ1n) is 18.3. The Kier molecular flexibility index (Phi) is 9.94. The van der Waals surface area contributed by atoms with Crippen molar-refractivity contribution in [2.24, 2.45) is 47.3 Å². The van der Waals surface area contributed by atoms with Gasteiger partial charge in [0.2, 0.25) is 0 Å². The third-order valence-electron chi connectivity index (χ3n) is 13.8. The highest BCUT2D eigenvalue weighted by Crippen LogP contribution is 2.46. The molecule has 8 N–H and O–H groups in total. The molecule has 9 rings (SSSR count). The van der Waals surface area contributed by atoms with Crippen LogP contribution in [0.4, 0.5) is 0 Å². The van der Waals surface area contributed by atoms with Gasteiger partial charge in [0.25, 0.3) is 0 Å². The number of hydrogen-bond donors (Lipinski definition) is 8. The van der Waals surface area contributed by atoms with Gasteiger partial charge >= 0.3 is 14.5 Å². The average Bonchev–Trinajstić information content (AvgIpc) is 3.78. The van der Waals surface area contributed by atoms with E-state index in [9.17, 15) is 0 Å². The number of rotatable bonds is 0. The molecule has 4 aliphatic carbocycles. The summed E-state index contributed by atoms with van der Waals surface area (Å²) in [6.07, 6.45) is 23.7. The second-order valence-corrected chi connectivity index (χ2v) is 16.9. The third-order valence-corrected chi connectivity index (χ3v) is 14.9. The molecule has 5 heterocycles. The van der Waals surface area contributed by atoms with Gasteiger partial charge < -0.3 is 0 Å². The normalized spacial score (nSPS) is 55.7. The summed E-state index contributed by atoms with van der Waals surface area (Å²) < 4.78 is 0. The van der Waals surface area contributed by atoms with Crippen molar-refractivity contribution in [3.8, 4) is 0 Å². The summed E-state index contributed by atoms with van der Waals surface area (Å²) in [6, 6.07) is 0. The van der Waals surface area contributed by atoms with Crippen molar-refractivity contribution in [1.29, 1.82) is 0 Å². The Morgan fingerprint density at radius 2 is 0.581 bits per heavy atom. The van der Waals surface area contributed by atoms with Crippen LogP contribution in [0.2, 0.25) is 0 Å². The van der Waals surface area contributed by atoms with E-state index >= 15 is 0 Å². The molecule has 4 saturated carbocycles. The number of nitrogens with one attached hydrogen (secondary N) is 8. The first-order valence-corrected chi connectivity index (χ1v) is 24.7. The molecule has 0 aromatic heterocycles. The van der Waals surface area contributed by atoms with Crippen molar-refractivity contribution in [1.82, 2.24) is 42.5 Å². The van der Waals surface area contributed by atoms with Gasteiger partial charge in [0.1, 0.15) is 0 Å². The van der Waals surface area contributed by atoms with Gasteiger partial charge in [-0.1, -0.05) is 60.9 Å². The summed E-state index contributed by atoms with van der Waals surface area (Å²) >= 11 is 8.39. The van der Waals surface area contributed by atoms with Crippen molar-refractivity contribution in [2.45, 2.75) is 150 Å². The van der Waals surface area contributed by atoms with Crippen LogP contribution < -0.4 is 42.5 Å². The van der Waals surface area contributed by atoms with Crippen molar-refractivity contribution in [2.75, 3.05) is 0 Å². The van der Waals surface area contributed by atoms with Gasteiger partial charge in [0.05, 0.1) is 49.3 Å². The van der Waals surface area contributed by atoms with E-state index in [1.54, 1.807) is 0 Å². The molecule has 9 aliphatic rings. The van der Waals surface area contributed by atoms with Gasteiger partial charge in [-0.15, -0.1) is 0 Å². The van der Waals surface area contributed by atoms with Crippen molar-refractivity contribution in [3.63, 3.8) is 0 Å². The molecule has 8 bridgehead atoms. The van der Waals surface area contributed by atoms with Crippen LogP contribution in [-0.2, 0) is 0 Å². The van der Waals surface area contributed by atoms with Crippen LogP contribution in [0.25, 0.3) is 0 Å². The number of hydrogen-bond acceptors (Lipinski definition) is 8. The Balaban J connectivity index is 0.00000136. The maximum Gasteiger partial charge on any atom is 0.319 e. The van der Waals surface area contributed by atoms with Crippen LogP contribution in [0.5, 0.6) is 0 Å². The van der Waals surface area contributed by atoms with Gasteiger partial charge in [-0.05, 0) is 92.8 Å². The maximum atomic E-state index is 4.26. The lowest BCUT2D eigenvalue weighted by Gasteiger charge is -2.37. The van der Waals surface area contributed by atoms with Gasteiger partial charge in [0, 0.05) is 10.7 Å². The van der Waals surface area contributed by atoms with Gasteiger partial charge in [-0.25, -0.2) is 14.1 Å². The van der Waals surface area contributed by atoms with E-state index in [1.165, 1.54) is 96.3 Å². The van der Waals surface area contributed by atoms with Crippen molar-refractivity contribution >= 4 is 44.4 Å². The molecule has 0 spiro atoms. The van der Waals surface area contributed by atoms with Gasteiger partial charge in [-0.3, -0.25) is 42.5 Å². The zero-order chi connectivity index (χ0) is 29.1. The highest BCUT2D eigenvalue weighted by molar-refractivity contribution is 9.22. The fourth-order valence-corrected chi connectivity index (χ4v) is 13.0. The van der Waals surface area contributed by atoms with Crippen LogP contribution in [-0.4, -0.2) is 68.6 Å². The van der Waals surface area contributed by atoms with Crippen molar-refractivity contribution in [3.05, 3.63) is 0 Å². The van der Waals surface area contributed by atoms with E-state index < -0.39 is 0 Å². The van der Waals surface area contributed by atoms with E-state index in [0.717, 1.165) is 50.0 Å². The fourth-order valence-electron chi connectivity index (χ4n) is 12.0. The Hall–Kier alpha value is 1.17. The molecule has 0 radical (unpaired) electrons.